The molecule has 1 aliphatic rings. The summed E-state index contributed by atoms with van der Waals surface area (Å²) in [5.41, 5.74) is 0.0438. The molecule has 0 saturated heterocycles. The second-order valence-electron chi connectivity index (χ2n) is 5.65. The zero-order chi connectivity index (χ0) is 18.8. The smallest absolute Gasteiger partial charge is 0.289 e. The Labute approximate surface area is 147 Å². The first-order valence-electron chi connectivity index (χ1n) is 7.60. The minimum absolute atomic E-state index is 0.138. The van der Waals surface area contributed by atoms with E-state index in [9.17, 15) is 24.8 Å². The van der Waals surface area contributed by atoms with Gasteiger partial charge >= 0.3 is 0 Å². The van der Waals surface area contributed by atoms with Crippen molar-refractivity contribution in [1.82, 2.24) is 4.90 Å². The van der Waals surface area contributed by atoms with Gasteiger partial charge in [0.15, 0.2) is 11.5 Å². The van der Waals surface area contributed by atoms with Crippen molar-refractivity contribution in [2.45, 2.75) is 6.04 Å². The first kappa shape index (κ1) is 17.2. The number of nitro benzene ring substituents is 1. The molecule has 1 aromatic carbocycles. The quantitative estimate of drug-likeness (QED) is 0.502. The lowest BCUT2D eigenvalue weighted by Gasteiger charge is -2.21. The number of non-ortho nitro benzene ring substituents is 1. The van der Waals surface area contributed by atoms with Gasteiger partial charge < -0.3 is 14.4 Å². The molecule has 1 amide bonds. The Bertz CT molecular complexity index is 942. The number of amides is 1. The molecule has 3 rings (SSSR count). The fourth-order valence-corrected chi connectivity index (χ4v) is 2.81. The van der Waals surface area contributed by atoms with Crippen molar-refractivity contribution in [3.63, 3.8) is 0 Å². The van der Waals surface area contributed by atoms with Crippen LogP contribution < -0.4 is 0 Å². The van der Waals surface area contributed by atoms with Crippen LogP contribution in [0.1, 0.15) is 17.4 Å². The number of rotatable bonds is 5. The number of benzene rings is 1. The van der Waals surface area contributed by atoms with Gasteiger partial charge in [-0.15, -0.1) is 0 Å². The molecule has 2 aromatic rings. The Balaban J connectivity index is 2.00. The zero-order valence-electron chi connectivity index (χ0n) is 13.7. The Morgan fingerprint density at radius 1 is 1.35 bits per heavy atom. The first-order chi connectivity index (χ1) is 12.4. The van der Waals surface area contributed by atoms with Crippen LogP contribution in [-0.4, -0.2) is 33.7 Å². The number of aliphatic hydroxyl groups is 1. The number of carbonyl (C=O) groups is 2. The van der Waals surface area contributed by atoms with Crippen molar-refractivity contribution in [3.8, 4) is 0 Å². The van der Waals surface area contributed by atoms with E-state index in [1.807, 2.05) is 0 Å². The number of ketones is 1. The molecular formula is C18H14N2O6. The SMILES string of the molecule is CN1C(=O)C(O)=C(C(=O)/C=C/c2ccco2)C1c1cccc([N+](=O)[O-])c1. The minimum Gasteiger partial charge on any atom is -0.503 e. The predicted octanol–water partition coefficient (Wildman–Crippen LogP) is 2.80. The maximum Gasteiger partial charge on any atom is 0.289 e. The summed E-state index contributed by atoms with van der Waals surface area (Å²) in [5, 5.41) is 21.1. The summed E-state index contributed by atoms with van der Waals surface area (Å²) in [6, 6.07) is 7.97. The highest BCUT2D eigenvalue weighted by Crippen LogP contribution is 2.37. The van der Waals surface area contributed by atoms with E-state index in [4.69, 9.17) is 4.42 Å². The summed E-state index contributed by atoms with van der Waals surface area (Å²) in [4.78, 5) is 36.3. The lowest BCUT2D eigenvalue weighted by molar-refractivity contribution is -0.384. The van der Waals surface area contributed by atoms with Gasteiger partial charge in [-0.2, -0.15) is 0 Å². The van der Waals surface area contributed by atoms with E-state index in [-0.39, 0.29) is 11.3 Å². The molecular weight excluding hydrogens is 340 g/mol. The molecule has 8 nitrogen and oxygen atoms in total. The van der Waals surface area contributed by atoms with Gasteiger partial charge in [-0.3, -0.25) is 19.7 Å². The van der Waals surface area contributed by atoms with Gasteiger partial charge in [-0.25, -0.2) is 0 Å². The average Bonchev–Trinajstić information content (AvgIpc) is 3.22. The summed E-state index contributed by atoms with van der Waals surface area (Å²) >= 11 is 0. The number of hydrogen-bond donors (Lipinski definition) is 1. The lowest BCUT2D eigenvalue weighted by atomic mass is 9.95. The molecule has 1 aliphatic heterocycles. The molecule has 8 heteroatoms. The molecule has 1 aromatic heterocycles. The van der Waals surface area contributed by atoms with Crippen LogP contribution in [0, 0.1) is 10.1 Å². The highest BCUT2D eigenvalue weighted by Gasteiger charge is 2.41. The van der Waals surface area contributed by atoms with E-state index in [0.717, 1.165) is 0 Å². The van der Waals surface area contributed by atoms with Crippen molar-refractivity contribution >= 4 is 23.5 Å². The largest absolute Gasteiger partial charge is 0.503 e. The van der Waals surface area contributed by atoms with Crippen LogP contribution in [0.4, 0.5) is 5.69 Å². The second-order valence-corrected chi connectivity index (χ2v) is 5.65. The maximum absolute atomic E-state index is 12.6. The Morgan fingerprint density at radius 2 is 2.12 bits per heavy atom. The Hall–Kier alpha value is -3.68. The minimum atomic E-state index is -0.920. The fraction of sp³-hybridized carbons (Fsp3) is 0.111. The van der Waals surface area contributed by atoms with Gasteiger partial charge in [-0.1, -0.05) is 12.1 Å². The van der Waals surface area contributed by atoms with Crippen LogP contribution in [0.15, 0.2) is 64.5 Å². The van der Waals surface area contributed by atoms with Crippen molar-refractivity contribution < 1.29 is 24.0 Å². The lowest BCUT2D eigenvalue weighted by Crippen LogP contribution is -2.26. The van der Waals surface area contributed by atoms with E-state index >= 15 is 0 Å². The van der Waals surface area contributed by atoms with Crippen LogP contribution >= 0.6 is 0 Å². The number of carbonyl (C=O) groups excluding carboxylic acids is 2. The first-order valence-corrected chi connectivity index (χ1v) is 7.60. The van der Waals surface area contributed by atoms with E-state index in [1.165, 1.54) is 48.6 Å². The van der Waals surface area contributed by atoms with Crippen LogP contribution in [0.25, 0.3) is 6.08 Å². The number of furan rings is 1. The Kier molecular flexibility index (Phi) is 4.40. The fourth-order valence-electron chi connectivity index (χ4n) is 2.81. The van der Waals surface area contributed by atoms with E-state index < -0.39 is 28.4 Å². The third kappa shape index (κ3) is 3.00. The molecule has 132 valence electrons. The molecule has 0 bridgehead atoms. The predicted molar refractivity (Wildman–Crippen MR) is 91.0 cm³/mol. The number of hydrogen-bond acceptors (Lipinski definition) is 6. The van der Waals surface area contributed by atoms with Crippen LogP contribution in [0.2, 0.25) is 0 Å². The Morgan fingerprint density at radius 3 is 2.77 bits per heavy atom. The van der Waals surface area contributed by atoms with Gasteiger partial charge in [0.25, 0.3) is 11.6 Å². The van der Waals surface area contributed by atoms with Gasteiger partial charge in [0, 0.05) is 19.2 Å². The monoisotopic (exact) mass is 354 g/mol. The van der Waals surface area contributed by atoms with Gasteiger partial charge in [0.1, 0.15) is 5.76 Å². The van der Waals surface area contributed by atoms with Crippen LogP contribution in [-0.2, 0) is 9.59 Å². The molecule has 1 N–H and O–H groups in total. The van der Waals surface area contributed by atoms with E-state index in [2.05, 4.69) is 0 Å². The molecule has 0 fully saturated rings. The topological polar surface area (TPSA) is 114 Å². The zero-order valence-corrected chi connectivity index (χ0v) is 13.7. The van der Waals surface area contributed by atoms with E-state index in [0.29, 0.717) is 11.3 Å². The number of likely N-dealkylation sites (N-methyl/N-ethyl adjacent to an activating group) is 1. The van der Waals surface area contributed by atoms with Crippen molar-refractivity contribution in [1.29, 1.82) is 0 Å². The molecule has 2 heterocycles. The number of aliphatic hydroxyl groups excluding tert-OH is 1. The molecule has 1 atom stereocenters. The highest BCUT2D eigenvalue weighted by molar-refractivity contribution is 6.14. The third-order valence-electron chi connectivity index (χ3n) is 4.04. The summed E-state index contributed by atoms with van der Waals surface area (Å²) in [7, 11) is 1.42. The second kappa shape index (κ2) is 6.67. The summed E-state index contributed by atoms with van der Waals surface area (Å²) < 4.78 is 5.10. The molecule has 0 radical (unpaired) electrons. The van der Waals surface area contributed by atoms with E-state index in [1.54, 1.807) is 18.2 Å². The number of allylic oxidation sites excluding steroid dienone is 1. The normalized spacial score (nSPS) is 17.3. The number of nitrogens with zero attached hydrogens (tertiary/aromatic N) is 2. The molecule has 0 saturated carbocycles. The molecule has 26 heavy (non-hydrogen) atoms. The standard InChI is InChI=1S/C18H14N2O6/c1-19-16(11-4-2-5-12(10-11)20(24)25)15(17(22)18(19)23)14(21)8-7-13-6-3-9-26-13/h2-10,16,22H,1H3/b8-7+. The van der Waals surface area contributed by atoms with Crippen molar-refractivity contribution in [3.05, 3.63) is 81.5 Å². The van der Waals surface area contributed by atoms with Crippen LogP contribution in [0.3, 0.4) is 0 Å². The van der Waals surface area contributed by atoms with Crippen LogP contribution in [0.5, 0.6) is 0 Å². The molecule has 0 spiro atoms. The molecule has 0 aliphatic carbocycles. The number of nitro groups is 1. The van der Waals surface area contributed by atoms with Crippen molar-refractivity contribution in [2.75, 3.05) is 7.05 Å². The van der Waals surface area contributed by atoms with Crippen molar-refractivity contribution in [2.24, 2.45) is 0 Å². The summed E-state index contributed by atoms with van der Waals surface area (Å²) in [6.45, 7) is 0. The average molecular weight is 354 g/mol. The van der Waals surface area contributed by atoms with Gasteiger partial charge in [-0.05, 0) is 29.8 Å². The third-order valence-corrected chi connectivity index (χ3v) is 4.04. The maximum atomic E-state index is 12.6. The molecule has 1 unspecified atom stereocenters. The summed E-state index contributed by atoms with van der Waals surface area (Å²) in [6.07, 6.45) is 4.04. The summed E-state index contributed by atoms with van der Waals surface area (Å²) in [5.74, 6) is -1.55. The highest BCUT2D eigenvalue weighted by atomic mass is 16.6. The van der Waals surface area contributed by atoms with Gasteiger partial charge in [0.05, 0.1) is 22.8 Å². The van der Waals surface area contributed by atoms with Gasteiger partial charge in [0.2, 0.25) is 0 Å².